The molecule has 2 nitrogen and oxygen atoms in total. The molecule has 1 aliphatic carbocycles. The maximum atomic E-state index is 9.73. The zero-order chi connectivity index (χ0) is 31.0. The van der Waals surface area contributed by atoms with Gasteiger partial charge in [0.25, 0.3) is 0 Å². The van der Waals surface area contributed by atoms with Gasteiger partial charge in [-0.25, -0.2) is 0 Å². The largest absolute Gasteiger partial charge is 0.539 e. The molecule has 46 heavy (non-hydrogen) atoms. The number of benzene rings is 8. The average Bonchev–Trinajstić information content (AvgIpc) is 3.31. The Labute approximate surface area is 268 Å². The van der Waals surface area contributed by atoms with Gasteiger partial charge in [-0.3, -0.25) is 0 Å². The lowest BCUT2D eigenvalue weighted by atomic mass is 9.79. The summed E-state index contributed by atoms with van der Waals surface area (Å²) >= 11 is 0. The third kappa shape index (κ3) is 3.95. The topological polar surface area (TPSA) is 29.5 Å². The molecule has 0 heterocycles. The van der Waals surface area contributed by atoms with Crippen molar-refractivity contribution < 1.29 is 9.68 Å². The van der Waals surface area contributed by atoms with Crippen molar-refractivity contribution in [2.45, 2.75) is 19.3 Å². The maximum absolute atomic E-state index is 9.73. The predicted octanol–water partition coefficient (Wildman–Crippen LogP) is 10.6. The molecule has 0 spiro atoms. The lowest BCUT2D eigenvalue weighted by Crippen LogP contribution is -2.14. The minimum Gasteiger partial charge on any atom is -0.539 e. The van der Waals surface area contributed by atoms with E-state index in [0.29, 0.717) is 5.75 Å². The van der Waals surface area contributed by atoms with Crippen molar-refractivity contribution in [2.75, 3.05) is 0 Å². The summed E-state index contributed by atoms with van der Waals surface area (Å²) in [5.74, 6) is 0.648. The monoisotopic (exact) mass is 590 g/mol. The fourth-order valence-electron chi connectivity index (χ4n) is 7.88. The summed E-state index contributed by atoms with van der Waals surface area (Å²) in [7, 11) is -0.373. The van der Waals surface area contributed by atoms with Gasteiger partial charge in [0.15, 0.2) is 0 Å². The van der Waals surface area contributed by atoms with Gasteiger partial charge in [-0.15, -0.1) is 0 Å². The predicted molar refractivity (Wildman–Crippen MR) is 195 cm³/mol. The molecule has 0 fully saturated rings. The number of rotatable bonds is 4. The Balaban J connectivity index is 1.48. The van der Waals surface area contributed by atoms with Crippen LogP contribution in [0.15, 0.2) is 140 Å². The Morgan fingerprint density at radius 1 is 0.478 bits per heavy atom. The molecule has 8 aromatic carbocycles. The maximum Gasteiger partial charge on any atom is 0.504 e. The van der Waals surface area contributed by atoms with E-state index in [4.69, 9.17) is 4.65 Å². The van der Waals surface area contributed by atoms with E-state index in [1.807, 2.05) is 6.07 Å². The van der Waals surface area contributed by atoms with Crippen LogP contribution in [0.1, 0.15) is 25.0 Å². The van der Waals surface area contributed by atoms with Gasteiger partial charge in [0.2, 0.25) is 0 Å². The molecule has 1 N–H and O–H groups in total. The van der Waals surface area contributed by atoms with Crippen LogP contribution in [0, 0.1) is 0 Å². The molecule has 9 rings (SSSR count). The first-order chi connectivity index (χ1) is 22.5. The van der Waals surface area contributed by atoms with Crippen LogP contribution >= 0.6 is 0 Å². The third-order valence-electron chi connectivity index (χ3n) is 10.1. The van der Waals surface area contributed by atoms with Gasteiger partial charge in [-0.2, -0.15) is 0 Å². The second-order valence-corrected chi connectivity index (χ2v) is 13.0. The van der Waals surface area contributed by atoms with E-state index in [2.05, 4.69) is 147 Å². The SMILES string of the molecule is CC1(C)c2ccccc2-c2cc3c(-c4ccc5ccccc5c4)c4ccc(OBO)cc4c(-c4ccc5ccccc5c4)c3cc21. The van der Waals surface area contributed by atoms with Crippen molar-refractivity contribution in [1.82, 2.24) is 0 Å². The highest BCUT2D eigenvalue weighted by atomic mass is 16.5. The van der Waals surface area contributed by atoms with E-state index < -0.39 is 0 Å². The first-order valence-corrected chi connectivity index (χ1v) is 15.9. The zero-order valence-electron chi connectivity index (χ0n) is 25.8. The molecule has 0 bridgehead atoms. The Bertz CT molecular complexity index is 2530. The summed E-state index contributed by atoms with van der Waals surface area (Å²) in [4.78, 5) is 0. The molecule has 0 atom stereocenters. The molecule has 0 saturated carbocycles. The van der Waals surface area contributed by atoms with Gasteiger partial charge in [-0.1, -0.05) is 117 Å². The van der Waals surface area contributed by atoms with Crippen LogP contribution in [0.5, 0.6) is 5.75 Å². The van der Waals surface area contributed by atoms with Crippen LogP contribution in [0.25, 0.3) is 76.5 Å². The molecular formula is C43H31BO2. The Kier molecular flexibility index (Phi) is 5.90. The molecule has 0 unspecified atom stereocenters. The molecule has 0 aromatic heterocycles. The summed E-state index contributed by atoms with van der Waals surface area (Å²) in [6.45, 7) is 4.69. The lowest BCUT2D eigenvalue weighted by Gasteiger charge is -2.24. The van der Waals surface area contributed by atoms with Crippen LogP contribution in [0.2, 0.25) is 0 Å². The summed E-state index contributed by atoms with van der Waals surface area (Å²) in [6, 6.07) is 50.7. The summed E-state index contributed by atoms with van der Waals surface area (Å²) in [5.41, 5.74) is 9.91. The van der Waals surface area contributed by atoms with Crippen LogP contribution in [-0.2, 0) is 5.41 Å². The molecule has 0 saturated heterocycles. The molecule has 218 valence electrons. The van der Waals surface area contributed by atoms with E-state index in [1.165, 1.54) is 71.3 Å². The molecule has 0 amide bonds. The van der Waals surface area contributed by atoms with Gasteiger partial charge in [0.1, 0.15) is 5.75 Å². The normalized spacial score (nSPS) is 13.3. The molecule has 8 aromatic rings. The summed E-state index contributed by atoms with van der Waals surface area (Å²) in [6.07, 6.45) is 0. The Morgan fingerprint density at radius 3 is 1.72 bits per heavy atom. The van der Waals surface area contributed by atoms with Crippen LogP contribution in [-0.4, -0.2) is 12.7 Å². The number of fused-ring (bicyclic) bond motifs is 7. The van der Waals surface area contributed by atoms with Gasteiger partial charge in [0.05, 0.1) is 0 Å². The van der Waals surface area contributed by atoms with E-state index in [9.17, 15) is 5.02 Å². The molecule has 1 aliphatic rings. The highest BCUT2D eigenvalue weighted by molar-refractivity contribution is 6.24. The van der Waals surface area contributed by atoms with E-state index in [-0.39, 0.29) is 13.1 Å². The molecule has 3 heteroatoms. The second-order valence-electron chi connectivity index (χ2n) is 13.0. The first-order valence-electron chi connectivity index (χ1n) is 15.9. The van der Waals surface area contributed by atoms with Gasteiger partial charge >= 0.3 is 7.69 Å². The zero-order valence-corrected chi connectivity index (χ0v) is 25.8. The molecular weight excluding hydrogens is 559 g/mol. The van der Waals surface area contributed by atoms with Crippen LogP contribution < -0.4 is 4.65 Å². The van der Waals surface area contributed by atoms with Crippen molar-refractivity contribution in [1.29, 1.82) is 0 Å². The number of hydrogen-bond donors (Lipinski definition) is 1. The summed E-state index contributed by atoms with van der Waals surface area (Å²) < 4.78 is 5.70. The second kappa shape index (κ2) is 10.1. The Hall–Kier alpha value is -5.38. The van der Waals surface area contributed by atoms with Gasteiger partial charge in [-0.05, 0) is 124 Å². The van der Waals surface area contributed by atoms with E-state index in [0.717, 1.165) is 16.3 Å². The van der Waals surface area contributed by atoms with Gasteiger partial charge in [0, 0.05) is 5.41 Å². The van der Waals surface area contributed by atoms with E-state index in [1.54, 1.807) is 0 Å². The Morgan fingerprint density at radius 2 is 1.04 bits per heavy atom. The smallest absolute Gasteiger partial charge is 0.504 e. The lowest BCUT2D eigenvalue weighted by molar-refractivity contribution is 0.454. The molecule has 0 radical (unpaired) electrons. The van der Waals surface area contributed by atoms with Crippen molar-refractivity contribution in [3.63, 3.8) is 0 Å². The van der Waals surface area contributed by atoms with E-state index >= 15 is 0 Å². The fourth-order valence-corrected chi connectivity index (χ4v) is 7.88. The van der Waals surface area contributed by atoms with Crippen molar-refractivity contribution in [3.05, 3.63) is 151 Å². The van der Waals surface area contributed by atoms with Crippen molar-refractivity contribution >= 4 is 50.8 Å². The minimum absolute atomic E-state index is 0.138. The summed E-state index contributed by atoms with van der Waals surface area (Å²) in [5, 5.41) is 19.3. The van der Waals surface area contributed by atoms with Crippen molar-refractivity contribution in [3.8, 4) is 39.1 Å². The first kappa shape index (κ1) is 27.0. The standard InChI is InChI=1S/C43H31BO2/c1-43(2)39-14-8-7-13-33(39)35-24-37-38(25-40(35)43)42(31-18-16-27-10-4-6-12-29(27)22-31)36-23-32(46-44-45)19-20-34(36)41(37)30-17-15-26-9-3-5-11-28(26)21-30/h3-25,44-45H,1-2H3. The highest BCUT2D eigenvalue weighted by Crippen LogP contribution is 2.53. The molecule has 0 aliphatic heterocycles. The highest BCUT2D eigenvalue weighted by Gasteiger charge is 2.36. The van der Waals surface area contributed by atoms with Crippen LogP contribution in [0.4, 0.5) is 0 Å². The average molecular weight is 591 g/mol. The third-order valence-corrected chi connectivity index (χ3v) is 10.1. The quantitative estimate of drug-likeness (QED) is 0.163. The fraction of sp³-hybridized carbons (Fsp3) is 0.0698. The minimum atomic E-state index is -0.373. The van der Waals surface area contributed by atoms with Crippen LogP contribution in [0.3, 0.4) is 0 Å². The number of hydrogen-bond acceptors (Lipinski definition) is 2. The van der Waals surface area contributed by atoms with Crippen molar-refractivity contribution in [2.24, 2.45) is 0 Å². The van der Waals surface area contributed by atoms with Gasteiger partial charge < -0.3 is 9.68 Å².